The lowest BCUT2D eigenvalue weighted by Gasteiger charge is -2.44. The van der Waals surface area contributed by atoms with E-state index in [1.54, 1.807) is 18.3 Å². The number of carbonyl (C=O) groups is 1. The minimum atomic E-state index is -2.23. The van der Waals surface area contributed by atoms with Crippen LogP contribution in [0.2, 0.25) is 16.6 Å². The van der Waals surface area contributed by atoms with Crippen LogP contribution in [0, 0.1) is 11.6 Å². The molecule has 3 rings (SSSR count). The van der Waals surface area contributed by atoms with Gasteiger partial charge in [0.25, 0.3) is 0 Å². The van der Waals surface area contributed by atoms with E-state index < -0.39 is 25.9 Å². The second kappa shape index (κ2) is 9.29. The summed E-state index contributed by atoms with van der Waals surface area (Å²) in [5.41, 5.74) is 2.35. The molecule has 2 atom stereocenters. The summed E-state index contributed by atoms with van der Waals surface area (Å²) >= 11 is 0. The van der Waals surface area contributed by atoms with Gasteiger partial charge in [-0.2, -0.15) is 0 Å². The lowest BCUT2D eigenvalue weighted by atomic mass is 9.88. The van der Waals surface area contributed by atoms with Crippen LogP contribution in [0.25, 0.3) is 0 Å². The van der Waals surface area contributed by atoms with E-state index in [0.29, 0.717) is 40.7 Å². The summed E-state index contributed by atoms with van der Waals surface area (Å²) in [5, 5.41) is 0. The lowest BCUT2D eigenvalue weighted by molar-refractivity contribution is 0.0954. The number of ketones is 1. The molecule has 0 N–H and O–H groups in total. The predicted molar refractivity (Wildman–Crippen MR) is 122 cm³/mol. The molecular weight excluding hydrogens is 412 g/mol. The third-order valence-corrected chi connectivity index (χ3v) is 13.0. The van der Waals surface area contributed by atoms with Gasteiger partial charge in [0, 0.05) is 17.3 Å². The molecule has 0 aliphatic heterocycles. The molecule has 1 unspecified atom stereocenters. The Labute approximate surface area is 185 Å². The smallest absolute Gasteiger partial charge is 0.201 e. The van der Waals surface area contributed by atoms with Crippen molar-refractivity contribution >= 4 is 14.1 Å². The molecule has 1 aliphatic carbocycles. The lowest BCUT2D eigenvalue weighted by Crippen LogP contribution is -2.48. The average molecular weight is 446 g/mol. The van der Waals surface area contributed by atoms with Gasteiger partial charge in [0.1, 0.15) is 0 Å². The second-order valence-corrected chi connectivity index (χ2v) is 14.9. The molecule has 3 nitrogen and oxygen atoms in total. The SMILES string of the molecule is CC(C)[Si](O[C@@H]1CCC(c2cccc(F)c2F)C(=O)c2cccnc21)(C(C)C)C(C)C. The molecule has 0 spiro atoms. The Hall–Kier alpha value is -1.92. The van der Waals surface area contributed by atoms with Crippen LogP contribution in [-0.2, 0) is 4.43 Å². The largest absolute Gasteiger partial charge is 0.408 e. The van der Waals surface area contributed by atoms with Crippen molar-refractivity contribution in [3.05, 3.63) is 65.0 Å². The predicted octanol–water partition coefficient (Wildman–Crippen LogP) is 7.35. The minimum absolute atomic E-state index is 0.112. The Bertz CT molecular complexity index is 923. The van der Waals surface area contributed by atoms with Crippen LogP contribution >= 0.6 is 0 Å². The van der Waals surface area contributed by atoms with Gasteiger partial charge in [-0.05, 0) is 47.7 Å². The molecular formula is C25H33F2NO2Si. The van der Waals surface area contributed by atoms with Crippen molar-refractivity contribution in [3.63, 3.8) is 0 Å². The zero-order chi connectivity index (χ0) is 22.9. The minimum Gasteiger partial charge on any atom is -0.408 e. The molecule has 1 heterocycles. The third-order valence-electron chi connectivity index (χ3n) is 6.85. The van der Waals surface area contributed by atoms with Gasteiger partial charge in [0.05, 0.1) is 17.7 Å². The van der Waals surface area contributed by atoms with Crippen LogP contribution < -0.4 is 0 Å². The number of rotatable bonds is 6. The summed E-state index contributed by atoms with van der Waals surface area (Å²) in [4.78, 5) is 18.0. The van der Waals surface area contributed by atoms with Gasteiger partial charge < -0.3 is 4.43 Å². The van der Waals surface area contributed by atoms with Crippen molar-refractivity contribution in [1.29, 1.82) is 0 Å². The maximum Gasteiger partial charge on any atom is 0.201 e. The number of aromatic nitrogens is 1. The molecule has 168 valence electrons. The van der Waals surface area contributed by atoms with Crippen molar-refractivity contribution < 1.29 is 18.0 Å². The van der Waals surface area contributed by atoms with E-state index in [9.17, 15) is 13.6 Å². The first kappa shape index (κ1) is 23.7. The molecule has 6 heteroatoms. The zero-order valence-electron chi connectivity index (χ0n) is 19.3. The van der Waals surface area contributed by atoms with Crippen LogP contribution in [-0.4, -0.2) is 19.1 Å². The molecule has 1 aliphatic rings. The Morgan fingerprint density at radius 2 is 1.61 bits per heavy atom. The summed E-state index contributed by atoms with van der Waals surface area (Å²) in [7, 11) is -2.23. The molecule has 1 aromatic heterocycles. The first-order valence-electron chi connectivity index (χ1n) is 11.2. The van der Waals surface area contributed by atoms with E-state index in [1.807, 2.05) is 0 Å². The number of fused-ring (bicyclic) bond motifs is 1. The highest BCUT2D eigenvalue weighted by Crippen LogP contribution is 2.47. The summed E-state index contributed by atoms with van der Waals surface area (Å²) in [6.45, 7) is 13.3. The van der Waals surface area contributed by atoms with E-state index >= 15 is 0 Å². The first-order valence-corrected chi connectivity index (χ1v) is 13.4. The Kier molecular flexibility index (Phi) is 7.11. The standard InChI is InChI=1S/C25H33F2NO2Si/c1-15(2)31(16(3)4,17(5)6)30-22-13-12-19(18-9-7-11-21(26)23(18)27)25(29)20-10-8-14-28-24(20)22/h7-11,14-17,19,22H,12-13H2,1-6H3/t19?,22-/m1/s1. The van der Waals surface area contributed by atoms with E-state index in [1.165, 1.54) is 12.1 Å². The fourth-order valence-corrected chi connectivity index (χ4v) is 11.1. The van der Waals surface area contributed by atoms with Gasteiger partial charge in [0.15, 0.2) is 17.4 Å². The maximum absolute atomic E-state index is 14.6. The van der Waals surface area contributed by atoms with Gasteiger partial charge >= 0.3 is 0 Å². The number of benzene rings is 1. The fourth-order valence-electron chi connectivity index (χ4n) is 5.51. The van der Waals surface area contributed by atoms with Crippen molar-refractivity contribution in [2.45, 2.75) is 83.0 Å². The van der Waals surface area contributed by atoms with Gasteiger partial charge in [-0.25, -0.2) is 8.78 Å². The molecule has 0 saturated carbocycles. The van der Waals surface area contributed by atoms with Crippen molar-refractivity contribution in [3.8, 4) is 0 Å². The van der Waals surface area contributed by atoms with Crippen LogP contribution in [0.4, 0.5) is 8.78 Å². The van der Waals surface area contributed by atoms with Crippen LogP contribution in [0.15, 0.2) is 36.5 Å². The Morgan fingerprint density at radius 1 is 0.968 bits per heavy atom. The van der Waals surface area contributed by atoms with Crippen LogP contribution in [0.3, 0.4) is 0 Å². The number of pyridine rings is 1. The summed E-state index contributed by atoms with van der Waals surface area (Å²) in [6.07, 6.45) is 2.27. The van der Waals surface area contributed by atoms with Crippen molar-refractivity contribution in [2.24, 2.45) is 0 Å². The number of halogens is 2. The summed E-state index contributed by atoms with van der Waals surface area (Å²) < 4.78 is 35.5. The van der Waals surface area contributed by atoms with Gasteiger partial charge in [-0.3, -0.25) is 9.78 Å². The Morgan fingerprint density at radius 3 is 2.23 bits per heavy atom. The molecule has 0 saturated heterocycles. The molecule has 1 aromatic carbocycles. The topological polar surface area (TPSA) is 39.2 Å². The number of nitrogens with zero attached hydrogens (tertiary/aromatic N) is 1. The normalized spacial score (nSPS) is 19.8. The number of hydrogen-bond acceptors (Lipinski definition) is 3. The maximum atomic E-state index is 14.6. The van der Waals surface area contributed by atoms with Crippen molar-refractivity contribution in [2.75, 3.05) is 0 Å². The van der Waals surface area contributed by atoms with Crippen LogP contribution in [0.1, 0.15) is 88.0 Å². The highest BCUT2D eigenvalue weighted by Gasteiger charge is 2.48. The number of carbonyl (C=O) groups excluding carboxylic acids is 1. The van der Waals surface area contributed by atoms with E-state index in [4.69, 9.17) is 4.43 Å². The second-order valence-electron chi connectivity index (χ2n) is 9.50. The monoisotopic (exact) mass is 445 g/mol. The number of Topliss-reactive ketones (excluding diaryl/α,β-unsaturated/α-hetero) is 1. The van der Waals surface area contributed by atoms with E-state index in [0.717, 1.165) is 6.07 Å². The average Bonchev–Trinajstić information content (AvgIpc) is 2.84. The molecule has 0 radical (unpaired) electrons. The van der Waals surface area contributed by atoms with E-state index in [2.05, 4.69) is 46.5 Å². The molecule has 0 bridgehead atoms. The quantitative estimate of drug-likeness (QED) is 0.344. The van der Waals surface area contributed by atoms with Gasteiger partial charge in [0.2, 0.25) is 8.32 Å². The molecule has 0 amide bonds. The van der Waals surface area contributed by atoms with E-state index in [-0.39, 0.29) is 17.5 Å². The molecule has 0 fully saturated rings. The number of hydrogen-bond donors (Lipinski definition) is 0. The first-order chi connectivity index (χ1) is 14.6. The fraction of sp³-hybridized carbons (Fsp3) is 0.520. The molecule has 2 aromatic rings. The third kappa shape index (κ3) is 4.24. The molecule has 31 heavy (non-hydrogen) atoms. The summed E-state index contributed by atoms with van der Waals surface area (Å²) in [6, 6.07) is 7.50. The summed E-state index contributed by atoms with van der Waals surface area (Å²) in [5.74, 6) is -2.84. The zero-order valence-corrected chi connectivity index (χ0v) is 20.3. The highest BCUT2D eigenvalue weighted by atomic mass is 28.4. The highest BCUT2D eigenvalue weighted by molar-refractivity contribution is 6.77. The van der Waals surface area contributed by atoms with Crippen molar-refractivity contribution in [1.82, 2.24) is 4.98 Å². The van der Waals surface area contributed by atoms with Gasteiger partial charge in [-0.1, -0.05) is 53.7 Å². The Balaban J connectivity index is 2.07. The van der Waals surface area contributed by atoms with Crippen LogP contribution in [0.5, 0.6) is 0 Å². The van der Waals surface area contributed by atoms with Gasteiger partial charge in [-0.15, -0.1) is 0 Å².